The predicted molar refractivity (Wildman–Crippen MR) is 102 cm³/mol. The molecule has 0 saturated heterocycles. The van der Waals surface area contributed by atoms with Crippen molar-refractivity contribution in [3.05, 3.63) is 53.6 Å². The standard InChI is InChI=1S/C19H24N2O4S/c1-13-5-8-15(11-17(13)26(20,23)24)21-18(22)12-25-16-9-6-14(7-10-16)19(2,3)4/h5-11H,12H2,1-4H3,(H,21,22)(H2,20,23,24). The molecular weight excluding hydrogens is 352 g/mol. The average molecular weight is 376 g/mol. The molecule has 140 valence electrons. The van der Waals surface area contributed by atoms with Gasteiger partial charge in [-0.05, 0) is 47.7 Å². The molecule has 0 spiro atoms. The van der Waals surface area contributed by atoms with Crippen LogP contribution in [0.2, 0.25) is 0 Å². The van der Waals surface area contributed by atoms with Crippen LogP contribution in [0, 0.1) is 6.92 Å². The number of nitrogens with two attached hydrogens (primary N) is 1. The van der Waals surface area contributed by atoms with E-state index in [-0.39, 0.29) is 16.9 Å². The zero-order valence-corrected chi connectivity index (χ0v) is 16.2. The molecule has 0 aliphatic rings. The van der Waals surface area contributed by atoms with Crippen LogP contribution in [0.3, 0.4) is 0 Å². The van der Waals surface area contributed by atoms with Gasteiger partial charge in [0.15, 0.2) is 6.61 Å². The van der Waals surface area contributed by atoms with E-state index >= 15 is 0 Å². The monoisotopic (exact) mass is 376 g/mol. The molecule has 0 aliphatic carbocycles. The molecule has 7 heteroatoms. The molecule has 0 saturated carbocycles. The number of anilines is 1. The highest BCUT2D eigenvalue weighted by Gasteiger charge is 2.14. The second-order valence-electron chi connectivity index (χ2n) is 7.14. The minimum atomic E-state index is -3.85. The third-order valence-corrected chi connectivity index (χ3v) is 4.92. The second-order valence-corrected chi connectivity index (χ2v) is 8.67. The van der Waals surface area contributed by atoms with Crippen molar-refractivity contribution in [1.82, 2.24) is 0 Å². The molecule has 0 radical (unpaired) electrons. The third kappa shape index (κ3) is 5.31. The Hall–Kier alpha value is -2.38. The molecule has 2 aromatic carbocycles. The van der Waals surface area contributed by atoms with Crippen molar-refractivity contribution in [2.45, 2.75) is 38.0 Å². The van der Waals surface area contributed by atoms with Crippen molar-refractivity contribution in [1.29, 1.82) is 0 Å². The van der Waals surface area contributed by atoms with Gasteiger partial charge >= 0.3 is 0 Å². The molecule has 2 aromatic rings. The van der Waals surface area contributed by atoms with Crippen molar-refractivity contribution in [3.63, 3.8) is 0 Å². The van der Waals surface area contributed by atoms with Gasteiger partial charge in [0.25, 0.3) is 5.91 Å². The number of nitrogens with one attached hydrogen (secondary N) is 1. The van der Waals surface area contributed by atoms with Crippen molar-refractivity contribution in [3.8, 4) is 5.75 Å². The topological polar surface area (TPSA) is 98.5 Å². The largest absolute Gasteiger partial charge is 0.484 e. The van der Waals surface area contributed by atoms with Crippen LogP contribution in [0.1, 0.15) is 31.9 Å². The molecule has 6 nitrogen and oxygen atoms in total. The van der Waals surface area contributed by atoms with E-state index in [1.807, 2.05) is 24.3 Å². The quantitative estimate of drug-likeness (QED) is 0.838. The molecular formula is C19H24N2O4S. The van der Waals surface area contributed by atoms with E-state index in [2.05, 4.69) is 26.1 Å². The van der Waals surface area contributed by atoms with Gasteiger partial charge in [-0.15, -0.1) is 0 Å². The molecule has 3 N–H and O–H groups in total. The minimum Gasteiger partial charge on any atom is -0.484 e. The Labute approximate surface area is 154 Å². The number of sulfonamides is 1. The summed E-state index contributed by atoms with van der Waals surface area (Å²) in [6, 6.07) is 12.1. The van der Waals surface area contributed by atoms with Crippen LogP contribution in [0.15, 0.2) is 47.4 Å². The first-order valence-corrected chi connectivity index (χ1v) is 9.68. The Kier molecular flexibility index (Phi) is 5.73. The first-order chi connectivity index (χ1) is 12.0. The lowest BCUT2D eigenvalue weighted by molar-refractivity contribution is -0.118. The number of rotatable bonds is 5. The molecule has 0 atom stereocenters. The number of hydrogen-bond acceptors (Lipinski definition) is 4. The summed E-state index contributed by atoms with van der Waals surface area (Å²) in [5, 5.41) is 7.77. The van der Waals surface area contributed by atoms with Gasteiger partial charge in [0, 0.05) is 5.69 Å². The number of carbonyl (C=O) groups excluding carboxylic acids is 1. The van der Waals surface area contributed by atoms with Gasteiger partial charge in [-0.3, -0.25) is 4.79 Å². The Morgan fingerprint density at radius 1 is 1.12 bits per heavy atom. The molecule has 0 aromatic heterocycles. The zero-order chi connectivity index (χ0) is 19.5. The van der Waals surface area contributed by atoms with Crippen molar-refractivity contribution in [2.24, 2.45) is 5.14 Å². The van der Waals surface area contributed by atoms with E-state index in [0.717, 1.165) is 0 Å². The highest BCUT2D eigenvalue weighted by molar-refractivity contribution is 7.89. The fraction of sp³-hybridized carbons (Fsp3) is 0.316. The van der Waals surface area contributed by atoms with E-state index in [1.165, 1.54) is 11.6 Å². The SMILES string of the molecule is Cc1ccc(NC(=O)COc2ccc(C(C)(C)C)cc2)cc1S(N)(=O)=O. The van der Waals surface area contributed by atoms with Gasteiger partial charge in [0.1, 0.15) is 5.75 Å². The maximum Gasteiger partial charge on any atom is 0.262 e. The third-order valence-electron chi connectivity index (χ3n) is 3.87. The van der Waals surface area contributed by atoms with Gasteiger partial charge in [-0.1, -0.05) is 39.0 Å². The number of ether oxygens (including phenoxy) is 1. The molecule has 0 bridgehead atoms. The molecule has 2 rings (SSSR count). The Morgan fingerprint density at radius 3 is 2.27 bits per heavy atom. The molecule has 0 heterocycles. The van der Waals surface area contributed by atoms with Gasteiger partial charge in [-0.25, -0.2) is 13.6 Å². The molecule has 0 aliphatic heterocycles. The fourth-order valence-electron chi connectivity index (χ4n) is 2.38. The summed E-state index contributed by atoms with van der Waals surface area (Å²) in [6.45, 7) is 7.80. The molecule has 0 unspecified atom stereocenters. The predicted octanol–water partition coefficient (Wildman–Crippen LogP) is 2.96. The highest BCUT2D eigenvalue weighted by atomic mass is 32.2. The Morgan fingerprint density at radius 2 is 1.73 bits per heavy atom. The summed E-state index contributed by atoms with van der Waals surface area (Å²) >= 11 is 0. The van der Waals surface area contributed by atoms with Crippen LogP contribution in [0.5, 0.6) is 5.75 Å². The van der Waals surface area contributed by atoms with Crippen molar-refractivity contribution < 1.29 is 17.9 Å². The van der Waals surface area contributed by atoms with Crippen molar-refractivity contribution in [2.75, 3.05) is 11.9 Å². The Balaban J connectivity index is 1.99. The normalized spacial score (nSPS) is 11.9. The average Bonchev–Trinajstić information content (AvgIpc) is 2.53. The number of primary sulfonamides is 1. The summed E-state index contributed by atoms with van der Waals surface area (Å²) in [5.41, 5.74) is 2.07. The van der Waals surface area contributed by atoms with E-state index in [0.29, 0.717) is 17.0 Å². The molecule has 26 heavy (non-hydrogen) atoms. The van der Waals surface area contributed by atoms with E-state index < -0.39 is 15.9 Å². The summed E-state index contributed by atoms with van der Waals surface area (Å²) in [4.78, 5) is 12.0. The summed E-state index contributed by atoms with van der Waals surface area (Å²) in [7, 11) is -3.85. The smallest absolute Gasteiger partial charge is 0.262 e. The maximum absolute atomic E-state index is 12.0. The van der Waals surface area contributed by atoms with E-state index in [9.17, 15) is 13.2 Å². The Bertz CT molecular complexity index is 898. The van der Waals surface area contributed by atoms with Gasteiger partial charge < -0.3 is 10.1 Å². The van der Waals surface area contributed by atoms with Crippen molar-refractivity contribution >= 4 is 21.6 Å². The van der Waals surface area contributed by atoms with Gasteiger partial charge in [0.05, 0.1) is 4.90 Å². The van der Waals surface area contributed by atoms with Crippen LogP contribution in [0.4, 0.5) is 5.69 Å². The van der Waals surface area contributed by atoms with Crippen LogP contribution in [-0.4, -0.2) is 20.9 Å². The fourth-order valence-corrected chi connectivity index (χ4v) is 3.19. The first kappa shape index (κ1) is 19.9. The summed E-state index contributed by atoms with van der Waals surface area (Å²) < 4.78 is 28.6. The van der Waals surface area contributed by atoms with Crippen LogP contribution >= 0.6 is 0 Å². The summed E-state index contributed by atoms with van der Waals surface area (Å²) in [5.74, 6) is 0.191. The number of aryl methyl sites for hydroxylation is 1. The lowest BCUT2D eigenvalue weighted by Crippen LogP contribution is -2.21. The number of hydrogen-bond donors (Lipinski definition) is 2. The van der Waals surface area contributed by atoms with Gasteiger partial charge in [0.2, 0.25) is 10.0 Å². The molecule has 1 amide bonds. The number of benzene rings is 2. The van der Waals surface area contributed by atoms with Gasteiger partial charge in [-0.2, -0.15) is 0 Å². The highest BCUT2D eigenvalue weighted by Crippen LogP contribution is 2.24. The van der Waals surface area contributed by atoms with Crippen LogP contribution in [0.25, 0.3) is 0 Å². The maximum atomic E-state index is 12.0. The summed E-state index contributed by atoms with van der Waals surface area (Å²) in [6.07, 6.45) is 0. The lowest BCUT2D eigenvalue weighted by Gasteiger charge is -2.19. The lowest BCUT2D eigenvalue weighted by atomic mass is 9.87. The van der Waals surface area contributed by atoms with E-state index in [4.69, 9.17) is 9.88 Å². The number of carbonyl (C=O) groups is 1. The second kappa shape index (κ2) is 7.47. The number of amides is 1. The van der Waals surface area contributed by atoms with Crippen LogP contribution in [-0.2, 0) is 20.2 Å². The van der Waals surface area contributed by atoms with E-state index in [1.54, 1.807) is 19.1 Å². The minimum absolute atomic E-state index is 0.0195. The zero-order valence-electron chi connectivity index (χ0n) is 15.4. The first-order valence-electron chi connectivity index (χ1n) is 8.13. The van der Waals surface area contributed by atoms with Crippen LogP contribution < -0.4 is 15.2 Å². The molecule has 0 fully saturated rings.